The number of benzene rings is 1. The predicted molar refractivity (Wildman–Crippen MR) is 103 cm³/mol. The lowest BCUT2D eigenvalue weighted by Gasteiger charge is -2.39. The van der Waals surface area contributed by atoms with E-state index in [-0.39, 0.29) is 5.04 Å². The molecule has 1 aliphatic rings. The van der Waals surface area contributed by atoms with E-state index in [9.17, 15) is 9.90 Å². The van der Waals surface area contributed by atoms with Gasteiger partial charge in [0.25, 0.3) is 8.32 Å². The molecular formula is C20H32O4Si. The number of carboxylic acid groups (broad SMARTS) is 1. The summed E-state index contributed by atoms with van der Waals surface area (Å²) >= 11 is 0. The third-order valence-electron chi connectivity index (χ3n) is 6.11. The highest BCUT2D eigenvalue weighted by atomic mass is 28.4. The van der Waals surface area contributed by atoms with E-state index in [4.69, 9.17) is 9.16 Å². The minimum atomic E-state index is -1.96. The van der Waals surface area contributed by atoms with Gasteiger partial charge in [0.1, 0.15) is 11.5 Å². The van der Waals surface area contributed by atoms with Crippen LogP contribution < -0.4 is 9.16 Å². The highest BCUT2D eigenvalue weighted by molar-refractivity contribution is 6.74. The molecule has 1 unspecified atom stereocenters. The fourth-order valence-corrected chi connectivity index (χ4v) is 4.07. The fourth-order valence-electron chi connectivity index (χ4n) is 2.95. The number of rotatable bonds is 3. The fraction of sp³-hybridized carbons (Fsp3) is 0.650. The zero-order chi connectivity index (χ0) is 19.4. The van der Waals surface area contributed by atoms with Crippen LogP contribution >= 0.6 is 0 Å². The molecule has 0 radical (unpaired) electrons. The van der Waals surface area contributed by atoms with Crippen LogP contribution in [0, 0.1) is 20.8 Å². The van der Waals surface area contributed by atoms with Gasteiger partial charge in [-0.25, -0.2) is 4.79 Å². The molecule has 1 aromatic carbocycles. The standard InChI is InChI=1S/C20H32O4Si/c1-12-13(2)17-15(10-11-20(7,23-17)18(21)22)14(3)16(12)24-25(8,9)19(4,5)6/h10-11H2,1-9H3,(H,21,22). The smallest absolute Gasteiger partial charge is 0.347 e. The van der Waals surface area contributed by atoms with Crippen LogP contribution in [0.2, 0.25) is 18.1 Å². The molecule has 1 heterocycles. The van der Waals surface area contributed by atoms with Crippen LogP contribution in [-0.4, -0.2) is 25.0 Å². The summed E-state index contributed by atoms with van der Waals surface area (Å²) in [5.74, 6) is 0.786. The van der Waals surface area contributed by atoms with E-state index in [0.29, 0.717) is 12.8 Å². The van der Waals surface area contributed by atoms with Gasteiger partial charge in [-0.1, -0.05) is 20.8 Å². The lowest BCUT2D eigenvalue weighted by Crippen LogP contribution is -2.45. The second kappa shape index (κ2) is 6.04. The summed E-state index contributed by atoms with van der Waals surface area (Å²) in [7, 11) is -1.96. The van der Waals surface area contributed by atoms with E-state index in [0.717, 1.165) is 33.8 Å². The molecular weight excluding hydrogens is 332 g/mol. The van der Waals surface area contributed by atoms with E-state index in [2.05, 4.69) is 40.8 Å². The molecule has 0 amide bonds. The molecule has 4 nitrogen and oxygen atoms in total. The summed E-state index contributed by atoms with van der Waals surface area (Å²) in [5.41, 5.74) is 3.07. The third-order valence-corrected chi connectivity index (χ3v) is 10.4. The molecule has 0 spiro atoms. The van der Waals surface area contributed by atoms with Crippen molar-refractivity contribution in [2.45, 2.75) is 85.0 Å². The summed E-state index contributed by atoms with van der Waals surface area (Å²) in [6.45, 7) is 19.0. The lowest BCUT2D eigenvalue weighted by atomic mass is 9.87. The van der Waals surface area contributed by atoms with Crippen molar-refractivity contribution in [1.82, 2.24) is 0 Å². The minimum absolute atomic E-state index is 0.119. The van der Waals surface area contributed by atoms with E-state index in [1.807, 2.05) is 13.8 Å². The Morgan fingerprint density at radius 1 is 1.16 bits per heavy atom. The number of fused-ring (bicyclic) bond motifs is 1. The summed E-state index contributed by atoms with van der Waals surface area (Å²) < 4.78 is 12.6. The number of carbonyl (C=O) groups is 1. The van der Waals surface area contributed by atoms with Crippen molar-refractivity contribution in [2.75, 3.05) is 0 Å². The average Bonchev–Trinajstić information content (AvgIpc) is 2.48. The number of ether oxygens (including phenoxy) is 1. The second-order valence-electron chi connectivity index (χ2n) is 9.01. The molecule has 140 valence electrons. The Bertz CT molecular complexity index is 716. The van der Waals surface area contributed by atoms with Crippen LogP contribution in [-0.2, 0) is 11.2 Å². The van der Waals surface area contributed by atoms with Gasteiger partial charge in [0.2, 0.25) is 5.60 Å². The van der Waals surface area contributed by atoms with Gasteiger partial charge in [-0.15, -0.1) is 0 Å². The normalized spacial score (nSPS) is 20.7. The van der Waals surface area contributed by atoms with Gasteiger partial charge in [0, 0.05) is 12.0 Å². The SMILES string of the molecule is Cc1c(C)c2c(c(C)c1O[Si](C)(C)C(C)(C)C)CCC(C)(C(=O)O)O2. The maximum absolute atomic E-state index is 11.6. The second-order valence-corrected chi connectivity index (χ2v) is 13.7. The van der Waals surface area contributed by atoms with Crippen molar-refractivity contribution in [3.63, 3.8) is 0 Å². The van der Waals surface area contributed by atoms with Crippen LogP contribution in [0.3, 0.4) is 0 Å². The predicted octanol–water partition coefficient (Wildman–Crippen LogP) is 5.16. The van der Waals surface area contributed by atoms with Crippen molar-refractivity contribution in [3.8, 4) is 11.5 Å². The first-order chi connectivity index (χ1) is 11.2. The van der Waals surface area contributed by atoms with E-state index >= 15 is 0 Å². The van der Waals surface area contributed by atoms with Crippen LogP contribution in [0.4, 0.5) is 0 Å². The van der Waals surface area contributed by atoms with Crippen molar-refractivity contribution >= 4 is 14.3 Å². The maximum Gasteiger partial charge on any atom is 0.347 e. The summed E-state index contributed by atoms with van der Waals surface area (Å²) in [6, 6.07) is 0. The molecule has 0 aromatic heterocycles. The van der Waals surface area contributed by atoms with E-state index in [1.54, 1.807) is 6.92 Å². The number of hydrogen-bond acceptors (Lipinski definition) is 3. The molecule has 1 N–H and O–H groups in total. The highest BCUT2D eigenvalue weighted by Gasteiger charge is 2.43. The maximum atomic E-state index is 11.6. The first-order valence-corrected chi connectivity index (χ1v) is 11.9. The third kappa shape index (κ3) is 3.31. The van der Waals surface area contributed by atoms with Gasteiger partial charge in [-0.05, 0) is 68.9 Å². The monoisotopic (exact) mass is 364 g/mol. The Morgan fingerprint density at radius 2 is 1.72 bits per heavy atom. The Kier molecular flexibility index (Phi) is 4.79. The summed E-state index contributed by atoms with van der Waals surface area (Å²) in [6.07, 6.45) is 1.16. The summed E-state index contributed by atoms with van der Waals surface area (Å²) in [4.78, 5) is 11.6. The Balaban J connectivity index is 2.56. The van der Waals surface area contributed by atoms with E-state index in [1.165, 1.54) is 0 Å². The van der Waals surface area contributed by atoms with Gasteiger partial charge in [0.15, 0.2) is 0 Å². The summed E-state index contributed by atoms with van der Waals surface area (Å²) in [5, 5.41) is 9.62. The zero-order valence-corrected chi connectivity index (χ0v) is 18.1. The van der Waals surface area contributed by atoms with Crippen molar-refractivity contribution in [3.05, 3.63) is 22.3 Å². The molecule has 2 rings (SSSR count). The minimum Gasteiger partial charge on any atom is -0.543 e. The molecule has 1 aliphatic heterocycles. The molecule has 0 bridgehead atoms. The molecule has 0 saturated carbocycles. The quantitative estimate of drug-likeness (QED) is 0.752. The van der Waals surface area contributed by atoms with Gasteiger partial charge < -0.3 is 14.3 Å². The molecule has 25 heavy (non-hydrogen) atoms. The zero-order valence-electron chi connectivity index (χ0n) is 17.1. The van der Waals surface area contributed by atoms with Crippen LogP contribution in [0.5, 0.6) is 11.5 Å². The Labute approximate surface area is 152 Å². The largest absolute Gasteiger partial charge is 0.543 e. The molecule has 1 aromatic rings. The molecule has 5 heteroatoms. The Hall–Kier alpha value is -1.49. The molecule has 0 fully saturated rings. The number of aliphatic carboxylic acids is 1. The lowest BCUT2D eigenvalue weighted by molar-refractivity contribution is -0.155. The van der Waals surface area contributed by atoms with Crippen molar-refractivity contribution in [1.29, 1.82) is 0 Å². The molecule has 1 atom stereocenters. The van der Waals surface area contributed by atoms with E-state index < -0.39 is 19.9 Å². The molecule has 0 aliphatic carbocycles. The van der Waals surface area contributed by atoms with Crippen LogP contribution in [0.1, 0.15) is 56.4 Å². The number of hydrogen-bond donors (Lipinski definition) is 1. The first kappa shape index (κ1) is 19.8. The van der Waals surface area contributed by atoms with Gasteiger partial charge in [-0.3, -0.25) is 0 Å². The van der Waals surface area contributed by atoms with Crippen LogP contribution in [0.25, 0.3) is 0 Å². The van der Waals surface area contributed by atoms with Crippen LogP contribution in [0.15, 0.2) is 0 Å². The van der Waals surface area contributed by atoms with Gasteiger partial charge in [-0.2, -0.15) is 0 Å². The highest BCUT2D eigenvalue weighted by Crippen LogP contribution is 2.46. The molecule has 0 saturated heterocycles. The van der Waals surface area contributed by atoms with Crippen molar-refractivity contribution in [2.24, 2.45) is 0 Å². The van der Waals surface area contributed by atoms with Gasteiger partial charge in [0.05, 0.1) is 0 Å². The number of carboxylic acids is 1. The average molecular weight is 365 g/mol. The topological polar surface area (TPSA) is 55.8 Å². The Morgan fingerprint density at radius 3 is 2.20 bits per heavy atom. The van der Waals surface area contributed by atoms with Gasteiger partial charge >= 0.3 is 5.97 Å². The first-order valence-electron chi connectivity index (χ1n) is 8.95. The van der Waals surface area contributed by atoms with Crippen molar-refractivity contribution < 1.29 is 19.1 Å².